The van der Waals surface area contributed by atoms with Crippen LogP contribution in [0.4, 0.5) is 0 Å². The monoisotopic (exact) mass is 428 g/mol. The maximum Gasteiger partial charge on any atom is 0.323 e. The second kappa shape index (κ2) is 11.6. The molecule has 156 valence electrons. The van der Waals surface area contributed by atoms with Crippen molar-refractivity contribution in [3.05, 3.63) is 35.9 Å². The van der Waals surface area contributed by atoms with Gasteiger partial charge in [0.15, 0.2) is 0 Å². The minimum Gasteiger partial charge on any atom is -0.480 e. The van der Waals surface area contributed by atoms with Crippen LogP contribution in [0.5, 0.6) is 0 Å². The lowest BCUT2D eigenvalue weighted by Gasteiger charge is -2.27. The number of hydrogen-bond acceptors (Lipinski definition) is 5. The Hall–Kier alpha value is -1.34. The Morgan fingerprint density at radius 1 is 1.36 bits per heavy atom. The van der Waals surface area contributed by atoms with Crippen molar-refractivity contribution in [1.29, 1.82) is 0 Å². The normalized spacial score (nSPS) is 19.8. The minimum absolute atomic E-state index is 0.289. The smallest absolute Gasteiger partial charge is 0.323 e. The molecule has 0 aliphatic carbocycles. The van der Waals surface area contributed by atoms with Gasteiger partial charge in [0.2, 0.25) is 5.91 Å². The van der Waals surface area contributed by atoms with Crippen LogP contribution in [0.3, 0.4) is 0 Å². The van der Waals surface area contributed by atoms with Crippen molar-refractivity contribution < 1.29 is 23.8 Å². The molecule has 0 aromatic heterocycles. The average molecular weight is 428 g/mol. The molecule has 0 spiro atoms. The molecule has 2 N–H and O–H groups in total. The molecule has 0 bridgehead atoms. The quantitative estimate of drug-likeness (QED) is 0.413. The first-order valence-corrected chi connectivity index (χ1v) is 12.5. The molecule has 28 heavy (non-hydrogen) atoms. The van der Waals surface area contributed by atoms with Gasteiger partial charge in [0.05, 0.1) is 18.5 Å². The number of aliphatic carboxylic acids is 1. The van der Waals surface area contributed by atoms with Gasteiger partial charge in [-0.15, -0.1) is 11.8 Å². The summed E-state index contributed by atoms with van der Waals surface area (Å²) in [7, 11) is -3.18. The second-order valence-corrected chi connectivity index (χ2v) is 10.1. The van der Waals surface area contributed by atoms with E-state index in [9.17, 15) is 14.2 Å². The van der Waals surface area contributed by atoms with E-state index >= 15 is 0 Å². The zero-order valence-corrected chi connectivity index (χ0v) is 17.9. The van der Waals surface area contributed by atoms with E-state index in [1.165, 1.54) is 22.2 Å². The van der Waals surface area contributed by atoms with Crippen molar-refractivity contribution in [3.8, 4) is 0 Å². The molecule has 2 rings (SSSR count). The third-order valence-electron chi connectivity index (χ3n) is 4.43. The number of hydrogen-bond donors (Lipinski definition) is 2. The van der Waals surface area contributed by atoms with Gasteiger partial charge in [-0.3, -0.25) is 14.2 Å². The van der Waals surface area contributed by atoms with E-state index in [2.05, 4.69) is 17.2 Å². The number of nitrogens with one attached hydrogen (secondary N) is 1. The molecule has 1 fully saturated rings. The maximum absolute atomic E-state index is 13.3. The number of rotatable bonds is 11. The Bertz CT molecular complexity index is 688. The summed E-state index contributed by atoms with van der Waals surface area (Å²) in [5.41, 5.74) is 1.24. The van der Waals surface area contributed by atoms with Gasteiger partial charge in [-0.1, -0.05) is 30.3 Å². The van der Waals surface area contributed by atoms with Crippen molar-refractivity contribution in [2.45, 2.75) is 38.6 Å². The van der Waals surface area contributed by atoms with Gasteiger partial charge in [0.25, 0.3) is 7.52 Å². The predicted molar refractivity (Wildman–Crippen MR) is 112 cm³/mol. The van der Waals surface area contributed by atoms with Crippen LogP contribution >= 0.6 is 19.3 Å². The van der Waals surface area contributed by atoms with Gasteiger partial charge >= 0.3 is 5.97 Å². The van der Waals surface area contributed by atoms with E-state index in [1.807, 2.05) is 18.2 Å². The molecule has 1 aliphatic rings. The van der Waals surface area contributed by atoms with E-state index in [0.717, 1.165) is 12.8 Å². The third-order valence-corrected chi connectivity index (χ3v) is 7.74. The summed E-state index contributed by atoms with van der Waals surface area (Å²) in [5, 5.41) is 12.0. The summed E-state index contributed by atoms with van der Waals surface area (Å²) < 4.78 is 18.8. The van der Waals surface area contributed by atoms with Gasteiger partial charge < -0.3 is 14.5 Å². The lowest BCUT2D eigenvalue weighted by atomic mass is 10.1. The Morgan fingerprint density at radius 3 is 2.79 bits per heavy atom. The summed E-state index contributed by atoms with van der Waals surface area (Å²) in [6.07, 6.45) is 3.35. The summed E-state index contributed by atoms with van der Waals surface area (Å²) in [5.74, 6) is -0.348. The minimum atomic E-state index is -3.18. The van der Waals surface area contributed by atoms with Gasteiger partial charge in [-0.05, 0) is 43.9 Å². The van der Waals surface area contributed by atoms with Crippen molar-refractivity contribution >= 4 is 31.2 Å². The molecule has 9 heteroatoms. The van der Waals surface area contributed by atoms with Crippen LogP contribution in [0.25, 0.3) is 0 Å². The summed E-state index contributed by atoms with van der Waals surface area (Å²) in [6, 6.07) is 9.44. The lowest BCUT2D eigenvalue weighted by Crippen LogP contribution is -2.46. The Kier molecular flexibility index (Phi) is 9.51. The van der Waals surface area contributed by atoms with Crippen LogP contribution in [0.2, 0.25) is 0 Å². The van der Waals surface area contributed by atoms with Gasteiger partial charge in [0.1, 0.15) is 6.54 Å². The Labute approximate surface area is 170 Å². The molecular weight excluding hydrogens is 399 g/mol. The highest BCUT2D eigenvalue weighted by Crippen LogP contribution is 2.44. The summed E-state index contributed by atoms with van der Waals surface area (Å²) in [4.78, 5) is 25.0. The number of thioether (sulfide) groups is 1. The molecule has 7 nitrogen and oxygen atoms in total. The number of carboxylic acid groups (broad SMARTS) is 1. The fourth-order valence-electron chi connectivity index (χ4n) is 3.10. The van der Waals surface area contributed by atoms with Crippen LogP contribution in [0.1, 0.15) is 31.7 Å². The molecule has 1 aromatic carbocycles. The standard InChI is InChI=1S/C19H29N2O5PS/c1-2-26-27(25,12-7-6-10-16-8-4-3-5-9-16)20-17-11-13-28-15-21(19(17)24)14-18(22)23/h3-5,8-9,17H,2,6-7,10-15H2,1H3,(H,20,25)(H,22,23). The van der Waals surface area contributed by atoms with Crippen LogP contribution in [0.15, 0.2) is 30.3 Å². The Morgan fingerprint density at radius 2 is 2.11 bits per heavy atom. The molecule has 2 atom stereocenters. The number of nitrogens with zero attached hydrogens (tertiary/aromatic N) is 1. The first-order valence-electron chi connectivity index (χ1n) is 9.57. The van der Waals surface area contributed by atoms with Crippen molar-refractivity contribution in [2.24, 2.45) is 0 Å². The number of amides is 1. The van der Waals surface area contributed by atoms with Crippen LogP contribution < -0.4 is 5.09 Å². The molecule has 1 heterocycles. The fourth-order valence-corrected chi connectivity index (χ4v) is 6.17. The molecule has 1 amide bonds. The van der Waals surface area contributed by atoms with Crippen molar-refractivity contribution in [3.63, 3.8) is 0 Å². The number of carboxylic acids is 1. The van der Waals surface area contributed by atoms with Gasteiger partial charge in [0, 0.05) is 6.16 Å². The van der Waals surface area contributed by atoms with Crippen molar-refractivity contribution in [2.75, 3.05) is 30.9 Å². The van der Waals surface area contributed by atoms with Crippen LogP contribution in [-0.4, -0.2) is 58.9 Å². The molecule has 1 aromatic rings. The maximum atomic E-state index is 13.3. The predicted octanol–water partition coefficient (Wildman–Crippen LogP) is 3.20. The van der Waals surface area contributed by atoms with E-state index in [0.29, 0.717) is 30.6 Å². The lowest BCUT2D eigenvalue weighted by molar-refractivity contribution is -0.144. The average Bonchev–Trinajstić information content (AvgIpc) is 2.82. The molecule has 2 unspecified atom stereocenters. The largest absolute Gasteiger partial charge is 0.480 e. The van der Waals surface area contributed by atoms with E-state index in [1.54, 1.807) is 6.92 Å². The van der Waals surface area contributed by atoms with E-state index < -0.39 is 19.5 Å². The number of benzene rings is 1. The number of unbranched alkanes of at least 4 members (excludes halogenated alkanes) is 1. The zero-order chi connectivity index (χ0) is 20.4. The topological polar surface area (TPSA) is 95.9 Å². The molecular formula is C19H29N2O5PS. The number of carbonyl (C=O) groups is 2. The summed E-state index contributed by atoms with van der Waals surface area (Å²) in [6.45, 7) is 1.72. The van der Waals surface area contributed by atoms with Gasteiger partial charge in [-0.25, -0.2) is 5.09 Å². The molecule has 0 radical (unpaired) electrons. The molecule has 1 saturated heterocycles. The zero-order valence-electron chi connectivity index (χ0n) is 16.2. The first-order chi connectivity index (χ1) is 13.4. The van der Waals surface area contributed by atoms with Crippen LogP contribution in [0, 0.1) is 0 Å². The van der Waals surface area contributed by atoms with E-state index in [4.69, 9.17) is 9.63 Å². The van der Waals surface area contributed by atoms with Gasteiger partial charge in [-0.2, -0.15) is 0 Å². The fraction of sp³-hybridized carbons (Fsp3) is 0.579. The SMILES string of the molecule is CCOP(=O)(CCCCc1ccccc1)NC1CCSCN(CC(=O)O)C1=O. The highest BCUT2D eigenvalue weighted by molar-refractivity contribution is 7.99. The van der Waals surface area contributed by atoms with Crippen molar-refractivity contribution in [1.82, 2.24) is 9.99 Å². The first kappa shape index (κ1) is 22.9. The molecule has 0 saturated carbocycles. The highest BCUT2D eigenvalue weighted by Gasteiger charge is 2.34. The molecule has 1 aliphatic heterocycles. The number of aryl methyl sites for hydroxylation is 1. The third kappa shape index (κ3) is 7.59. The summed E-state index contributed by atoms with van der Waals surface area (Å²) >= 11 is 1.50. The Balaban J connectivity index is 1.93. The van der Waals surface area contributed by atoms with E-state index in [-0.39, 0.29) is 19.1 Å². The highest BCUT2D eigenvalue weighted by atomic mass is 32.2. The van der Waals surface area contributed by atoms with Crippen LogP contribution in [-0.2, 0) is 25.1 Å². The number of carbonyl (C=O) groups excluding carboxylic acids is 1. The second-order valence-electron chi connectivity index (χ2n) is 6.70.